The fourth-order valence-electron chi connectivity index (χ4n) is 6.20. The highest BCUT2D eigenvalue weighted by molar-refractivity contribution is 5.20. The Labute approximate surface area is 140 Å². The normalized spacial score (nSPS) is 55.7. The van der Waals surface area contributed by atoms with Crippen molar-refractivity contribution >= 4 is 0 Å². The molecule has 1 aliphatic carbocycles. The number of hydrogen-bond acceptors (Lipinski definition) is 3. The largest absolute Gasteiger partial charge is 0.390 e. The maximum absolute atomic E-state index is 10.5. The first kappa shape index (κ1) is 16.1. The molecule has 0 aromatic rings. The first-order valence-corrected chi connectivity index (χ1v) is 9.46. The highest BCUT2D eigenvalue weighted by Gasteiger charge is 2.64. The molecule has 0 aromatic carbocycles. The van der Waals surface area contributed by atoms with Gasteiger partial charge in [-0.2, -0.15) is 0 Å². The number of fused-ring (bicyclic) bond motifs is 8. The van der Waals surface area contributed by atoms with E-state index in [0.29, 0.717) is 23.7 Å². The van der Waals surface area contributed by atoms with E-state index in [0.717, 1.165) is 25.7 Å². The van der Waals surface area contributed by atoms with Crippen LogP contribution in [0.2, 0.25) is 0 Å². The van der Waals surface area contributed by atoms with Crippen molar-refractivity contribution in [1.82, 2.24) is 0 Å². The molecule has 1 N–H and O–H groups in total. The third-order valence-corrected chi connectivity index (χ3v) is 7.40. The summed E-state index contributed by atoms with van der Waals surface area (Å²) in [4.78, 5) is 0. The molecule has 130 valence electrons. The zero-order chi connectivity index (χ0) is 16.6. The van der Waals surface area contributed by atoms with E-state index in [1.807, 2.05) is 0 Å². The van der Waals surface area contributed by atoms with Gasteiger partial charge in [-0.3, -0.25) is 0 Å². The van der Waals surface area contributed by atoms with Gasteiger partial charge in [-0.25, -0.2) is 0 Å². The second-order valence-electron chi connectivity index (χ2n) is 9.29. The van der Waals surface area contributed by atoms with Crippen LogP contribution in [0.25, 0.3) is 0 Å². The Kier molecular flexibility index (Phi) is 3.54. The van der Waals surface area contributed by atoms with Crippen molar-refractivity contribution in [3.05, 3.63) is 12.2 Å². The standard InChI is InChI=1S/C20H32O3/c1-11(2)13-7-6-12(3)16-14-10-20(5)15(21)8-9-19(4,23-20)18(22-14)17(13)16/h11,13-18,21H,3,6-10H2,1-2,4-5H3/t13?,14-,15-,16-,17-,18-,19+,20+/m0/s1. The van der Waals surface area contributed by atoms with E-state index < -0.39 is 5.60 Å². The van der Waals surface area contributed by atoms with Crippen molar-refractivity contribution < 1.29 is 14.6 Å². The van der Waals surface area contributed by atoms with Gasteiger partial charge in [0, 0.05) is 12.3 Å². The Balaban J connectivity index is 1.77. The third-order valence-electron chi connectivity index (χ3n) is 7.40. The van der Waals surface area contributed by atoms with Crippen molar-refractivity contribution in [3.63, 3.8) is 0 Å². The number of ether oxygens (including phenoxy) is 2. The molecule has 4 fully saturated rings. The quantitative estimate of drug-likeness (QED) is 0.749. The molecule has 0 amide bonds. The minimum Gasteiger partial charge on any atom is -0.390 e. The summed E-state index contributed by atoms with van der Waals surface area (Å²) in [5.41, 5.74) is 0.635. The second-order valence-corrected chi connectivity index (χ2v) is 9.29. The number of hydrogen-bond donors (Lipinski definition) is 1. The zero-order valence-electron chi connectivity index (χ0n) is 15.0. The predicted molar refractivity (Wildman–Crippen MR) is 90.1 cm³/mol. The summed E-state index contributed by atoms with van der Waals surface area (Å²) in [5, 5.41) is 10.5. The summed E-state index contributed by atoms with van der Waals surface area (Å²) in [6.07, 6.45) is 4.81. The molecule has 0 radical (unpaired) electrons. The Morgan fingerprint density at radius 1 is 1.22 bits per heavy atom. The first-order chi connectivity index (χ1) is 10.8. The molecular formula is C20H32O3. The Hall–Kier alpha value is -0.380. The van der Waals surface area contributed by atoms with E-state index in [-0.39, 0.29) is 23.9 Å². The molecule has 1 saturated carbocycles. The molecule has 0 spiro atoms. The molecule has 4 rings (SSSR count). The van der Waals surface area contributed by atoms with E-state index in [1.54, 1.807) is 0 Å². The summed E-state index contributed by atoms with van der Waals surface area (Å²) in [5.74, 6) is 2.35. The summed E-state index contributed by atoms with van der Waals surface area (Å²) < 4.78 is 13.2. The third kappa shape index (κ3) is 2.19. The van der Waals surface area contributed by atoms with Gasteiger partial charge in [-0.15, -0.1) is 0 Å². The Morgan fingerprint density at radius 3 is 2.65 bits per heavy atom. The average molecular weight is 320 g/mol. The van der Waals surface area contributed by atoms with Crippen LogP contribution >= 0.6 is 0 Å². The highest BCUT2D eigenvalue weighted by Crippen LogP contribution is 2.59. The summed E-state index contributed by atoms with van der Waals surface area (Å²) in [6, 6.07) is 0. The van der Waals surface area contributed by atoms with Crippen LogP contribution in [-0.2, 0) is 9.47 Å². The molecule has 4 bridgehead atoms. The lowest BCUT2D eigenvalue weighted by Crippen LogP contribution is -2.60. The molecular weight excluding hydrogens is 288 g/mol. The van der Waals surface area contributed by atoms with Crippen LogP contribution in [0, 0.1) is 23.7 Å². The monoisotopic (exact) mass is 320 g/mol. The first-order valence-electron chi connectivity index (χ1n) is 9.46. The number of aliphatic hydroxyl groups is 1. The van der Waals surface area contributed by atoms with Gasteiger partial charge in [-0.1, -0.05) is 26.0 Å². The van der Waals surface area contributed by atoms with Gasteiger partial charge in [0.15, 0.2) is 0 Å². The average Bonchev–Trinajstić information content (AvgIpc) is 2.79. The van der Waals surface area contributed by atoms with Crippen molar-refractivity contribution in [2.75, 3.05) is 0 Å². The summed E-state index contributed by atoms with van der Waals surface area (Å²) in [7, 11) is 0. The Morgan fingerprint density at radius 2 is 1.96 bits per heavy atom. The van der Waals surface area contributed by atoms with Crippen molar-refractivity contribution in [2.45, 2.75) is 89.3 Å². The van der Waals surface area contributed by atoms with Gasteiger partial charge in [0.05, 0.1) is 29.5 Å². The maximum Gasteiger partial charge on any atom is 0.0945 e. The highest BCUT2D eigenvalue weighted by atomic mass is 16.6. The molecule has 8 atom stereocenters. The van der Waals surface area contributed by atoms with E-state index >= 15 is 0 Å². The van der Waals surface area contributed by atoms with Gasteiger partial charge in [0.2, 0.25) is 0 Å². The van der Waals surface area contributed by atoms with Crippen LogP contribution in [0.5, 0.6) is 0 Å². The smallest absolute Gasteiger partial charge is 0.0945 e. The minimum atomic E-state index is -0.470. The van der Waals surface area contributed by atoms with Gasteiger partial charge >= 0.3 is 0 Å². The second kappa shape index (κ2) is 5.06. The predicted octanol–water partition coefficient (Wildman–Crippen LogP) is 3.70. The van der Waals surface area contributed by atoms with E-state index in [2.05, 4.69) is 34.3 Å². The van der Waals surface area contributed by atoms with E-state index in [4.69, 9.17) is 9.47 Å². The van der Waals surface area contributed by atoms with E-state index in [1.165, 1.54) is 12.0 Å². The molecule has 3 nitrogen and oxygen atoms in total. The molecule has 1 unspecified atom stereocenters. The minimum absolute atomic E-state index is 0.149. The summed E-state index contributed by atoms with van der Waals surface area (Å²) >= 11 is 0. The molecule has 3 heteroatoms. The fraction of sp³-hybridized carbons (Fsp3) is 0.900. The molecule has 0 aromatic heterocycles. The lowest BCUT2D eigenvalue weighted by atomic mass is 9.59. The summed E-state index contributed by atoms with van der Waals surface area (Å²) in [6.45, 7) is 13.4. The van der Waals surface area contributed by atoms with Gasteiger partial charge in [-0.05, 0) is 57.3 Å². The van der Waals surface area contributed by atoms with Crippen molar-refractivity contribution in [2.24, 2.45) is 23.7 Å². The lowest BCUT2D eigenvalue weighted by molar-refractivity contribution is -0.245. The van der Waals surface area contributed by atoms with Gasteiger partial charge in [0.25, 0.3) is 0 Å². The fourth-order valence-corrected chi connectivity index (χ4v) is 6.20. The zero-order valence-corrected chi connectivity index (χ0v) is 15.0. The van der Waals surface area contributed by atoms with E-state index in [9.17, 15) is 5.11 Å². The van der Waals surface area contributed by atoms with Crippen LogP contribution < -0.4 is 0 Å². The molecule has 3 heterocycles. The van der Waals surface area contributed by atoms with Gasteiger partial charge < -0.3 is 14.6 Å². The SMILES string of the molecule is C=C1CCC(C(C)C)[C@H]2[C@@H]1[C@@H]1C[C@@]3(C)O[C@](C)(CC[C@@H]3O)[C@H]2O1. The lowest BCUT2D eigenvalue weighted by Gasteiger charge is -2.53. The van der Waals surface area contributed by atoms with Crippen LogP contribution in [0.3, 0.4) is 0 Å². The van der Waals surface area contributed by atoms with Crippen LogP contribution in [0.4, 0.5) is 0 Å². The molecule has 4 aliphatic rings. The van der Waals surface area contributed by atoms with Crippen LogP contribution in [-0.4, -0.2) is 34.6 Å². The molecule has 3 saturated heterocycles. The van der Waals surface area contributed by atoms with Gasteiger partial charge in [0.1, 0.15) is 0 Å². The van der Waals surface area contributed by atoms with Crippen LogP contribution in [0.15, 0.2) is 12.2 Å². The van der Waals surface area contributed by atoms with Crippen molar-refractivity contribution in [3.8, 4) is 0 Å². The topological polar surface area (TPSA) is 38.7 Å². The number of aliphatic hydroxyl groups excluding tert-OH is 1. The maximum atomic E-state index is 10.5. The molecule has 3 aliphatic heterocycles. The van der Waals surface area contributed by atoms with Crippen LogP contribution in [0.1, 0.15) is 59.8 Å². The number of rotatable bonds is 1. The molecule has 23 heavy (non-hydrogen) atoms. The van der Waals surface area contributed by atoms with Crippen molar-refractivity contribution in [1.29, 1.82) is 0 Å². The Bertz CT molecular complexity index is 515.